The van der Waals surface area contributed by atoms with Crippen LogP contribution in [0.5, 0.6) is 5.75 Å². The smallest absolute Gasteiger partial charge is 0.250 e. The van der Waals surface area contributed by atoms with E-state index < -0.39 is 0 Å². The topological polar surface area (TPSA) is 56.6 Å². The summed E-state index contributed by atoms with van der Waals surface area (Å²) < 4.78 is 26.7. The van der Waals surface area contributed by atoms with Gasteiger partial charge in [-0.05, 0) is 68.2 Å². The standard InChI is InChI=1S/C27H30FN3O3/c1-18-16-30(17-29-18)24-12-7-20(15-25(24)34-4)14-22-6-5-13-31(27(22)32)26(19(2)33-3)21-8-10-23(28)11-9-21/h7-12,14-17,19,26H,5-6,13H2,1-4H3/b22-14+/t19-,26+/m1/s1. The normalized spacial score (nSPS) is 17.1. The molecule has 1 amide bonds. The SMILES string of the molecule is COc1cc(/C=C2\CCCN([C@H](c3ccc(F)cc3)[C@@H](C)OC)C2=O)ccc1-n1cnc(C)c1. The summed E-state index contributed by atoms with van der Waals surface area (Å²) in [5.74, 6) is 0.364. The molecular formula is C27H30FN3O3. The van der Waals surface area contributed by atoms with Gasteiger partial charge in [-0.1, -0.05) is 18.2 Å². The van der Waals surface area contributed by atoms with E-state index in [4.69, 9.17) is 9.47 Å². The van der Waals surface area contributed by atoms with Gasteiger partial charge in [0, 0.05) is 25.4 Å². The molecule has 0 saturated carbocycles. The Balaban J connectivity index is 1.64. The first-order valence-electron chi connectivity index (χ1n) is 11.4. The molecule has 1 aliphatic heterocycles. The Labute approximate surface area is 199 Å². The lowest BCUT2D eigenvalue weighted by Gasteiger charge is -2.38. The van der Waals surface area contributed by atoms with Gasteiger partial charge in [0.1, 0.15) is 11.6 Å². The summed E-state index contributed by atoms with van der Waals surface area (Å²) in [4.78, 5) is 19.7. The molecule has 4 rings (SSSR count). The van der Waals surface area contributed by atoms with Crippen LogP contribution in [0.15, 0.2) is 60.6 Å². The van der Waals surface area contributed by atoms with Crippen molar-refractivity contribution in [3.05, 3.63) is 83.2 Å². The Morgan fingerprint density at radius 1 is 1.15 bits per heavy atom. The van der Waals surface area contributed by atoms with Crippen LogP contribution >= 0.6 is 0 Å². The molecule has 0 aliphatic carbocycles. The fourth-order valence-electron chi connectivity index (χ4n) is 4.48. The molecule has 1 saturated heterocycles. The van der Waals surface area contributed by atoms with E-state index in [0.29, 0.717) is 18.7 Å². The van der Waals surface area contributed by atoms with E-state index in [2.05, 4.69) is 4.98 Å². The Morgan fingerprint density at radius 2 is 1.91 bits per heavy atom. The van der Waals surface area contributed by atoms with E-state index in [0.717, 1.165) is 34.5 Å². The second-order valence-electron chi connectivity index (χ2n) is 8.56. The van der Waals surface area contributed by atoms with Gasteiger partial charge in [0.25, 0.3) is 0 Å². The van der Waals surface area contributed by atoms with Gasteiger partial charge in [-0.15, -0.1) is 0 Å². The molecule has 2 aromatic carbocycles. The number of rotatable bonds is 7. The van der Waals surface area contributed by atoms with Crippen molar-refractivity contribution in [3.63, 3.8) is 0 Å². The first kappa shape index (κ1) is 23.7. The first-order chi connectivity index (χ1) is 16.4. The van der Waals surface area contributed by atoms with Crippen LogP contribution in [0.2, 0.25) is 0 Å². The molecule has 0 radical (unpaired) electrons. The quantitative estimate of drug-likeness (QED) is 0.457. The number of hydrogen-bond acceptors (Lipinski definition) is 4. The molecular weight excluding hydrogens is 433 g/mol. The number of amides is 1. The number of aryl methyl sites for hydroxylation is 1. The molecule has 0 bridgehead atoms. The molecule has 6 nitrogen and oxygen atoms in total. The number of carbonyl (C=O) groups excluding carboxylic acids is 1. The number of likely N-dealkylation sites (tertiary alicyclic amines) is 1. The molecule has 1 aliphatic rings. The van der Waals surface area contributed by atoms with Gasteiger partial charge < -0.3 is 18.9 Å². The van der Waals surface area contributed by atoms with Crippen molar-refractivity contribution in [2.75, 3.05) is 20.8 Å². The largest absolute Gasteiger partial charge is 0.495 e. The maximum absolute atomic E-state index is 13.6. The van der Waals surface area contributed by atoms with E-state index in [1.54, 1.807) is 32.7 Å². The highest BCUT2D eigenvalue weighted by atomic mass is 19.1. The van der Waals surface area contributed by atoms with E-state index in [9.17, 15) is 9.18 Å². The monoisotopic (exact) mass is 463 g/mol. The van der Waals surface area contributed by atoms with Gasteiger partial charge in [0.05, 0.1) is 37.0 Å². The Morgan fingerprint density at radius 3 is 2.56 bits per heavy atom. The van der Waals surface area contributed by atoms with Crippen molar-refractivity contribution >= 4 is 12.0 Å². The zero-order chi connectivity index (χ0) is 24.2. The number of aromatic nitrogens is 2. The average molecular weight is 464 g/mol. The lowest BCUT2D eigenvalue weighted by atomic mass is 9.94. The third-order valence-electron chi connectivity index (χ3n) is 6.28. The number of piperidine rings is 1. The molecule has 1 aromatic heterocycles. The van der Waals surface area contributed by atoms with Crippen molar-refractivity contribution in [3.8, 4) is 11.4 Å². The van der Waals surface area contributed by atoms with E-state index in [1.165, 1.54) is 12.1 Å². The lowest BCUT2D eigenvalue weighted by Crippen LogP contribution is -2.44. The molecule has 7 heteroatoms. The van der Waals surface area contributed by atoms with E-state index >= 15 is 0 Å². The van der Waals surface area contributed by atoms with Crippen LogP contribution in [0.1, 0.15) is 42.6 Å². The summed E-state index contributed by atoms with van der Waals surface area (Å²) >= 11 is 0. The van der Waals surface area contributed by atoms with Crippen LogP contribution in [0.3, 0.4) is 0 Å². The van der Waals surface area contributed by atoms with Crippen LogP contribution in [0.25, 0.3) is 11.8 Å². The lowest BCUT2D eigenvalue weighted by molar-refractivity contribution is -0.134. The summed E-state index contributed by atoms with van der Waals surface area (Å²) in [6.07, 6.45) is 6.91. The maximum Gasteiger partial charge on any atom is 0.250 e. The van der Waals surface area contributed by atoms with Gasteiger partial charge in [-0.3, -0.25) is 4.79 Å². The fourth-order valence-corrected chi connectivity index (χ4v) is 4.48. The van der Waals surface area contributed by atoms with Gasteiger partial charge >= 0.3 is 0 Å². The number of imidazole rings is 1. The predicted molar refractivity (Wildman–Crippen MR) is 129 cm³/mol. The van der Waals surface area contributed by atoms with Gasteiger partial charge in [-0.2, -0.15) is 0 Å². The fraction of sp³-hybridized carbons (Fsp3) is 0.333. The van der Waals surface area contributed by atoms with Crippen LogP contribution in [0, 0.1) is 12.7 Å². The van der Waals surface area contributed by atoms with Crippen LogP contribution in [0.4, 0.5) is 4.39 Å². The third-order valence-corrected chi connectivity index (χ3v) is 6.28. The molecule has 2 heterocycles. The molecule has 1 fully saturated rings. The summed E-state index contributed by atoms with van der Waals surface area (Å²) in [6.45, 7) is 4.49. The number of methoxy groups -OCH3 is 2. The molecule has 2 atom stereocenters. The van der Waals surface area contributed by atoms with E-state index in [1.807, 2.05) is 53.8 Å². The first-order valence-corrected chi connectivity index (χ1v) is 11.4. The zero-order valence-corrected chi connectivity index (χ0v) is 20.0. The molecule has 0 spiro atoms. The molecule has 0 unspecified atom stereocenters. The van der Waals surface area contributed by atoms with E-state index in [-0.39, 0.29) is 23.9 Å². The number of hydrogen-bond donors (Lipinski definition) is 0. The van der Waals surface area contributed by atoms with Crippen molar-refractivity contribution in [2.24, 2.45) is 0 Å². The van der Waals surface area contributed by atoms with Gasteiger partial charge in [0.2, 0.25) is 5.91 Å². The van der Waals surface area contributed by atoms with Crippen LogP contribution < -0.4 is 4.74 Å². The molecule has 34 heavy (non-hydrogen) atoms. The summed E-state index contributed by atoms with van der Waals surface area (Å²) in [6, 6.07) is 11.9. The highest BCUT2D eigenvalue weighted by Gasteiger charge is 2.33. The molecule has 178 valence electrons. The minimum absolute atomic E-state index is 0.0299. The summed E-state index contributed by atoms with van der Waals surface area (Å²) in [5.41, 5.74) is 4.27. The highest BCUT2D eigenvalue weighted by molar-refractivity contribution is 5.99. The third kappa shape index (κ3) is 4.89. The minimum atomic E-state index is -0.304. The van der Waals surface area contributed by atoms with Crippen molar-refractivity contribution in [2.45, 2.75) is 38.8 Å². The van der Waals surface area contributed by atoms with Crippen LogP contribution in [-0.4, -0.2) is 47.2 Å². The Kier molecular flexibility index (Phi) is 7.12. The highest BCUT2D eigenvalue weighted by Crippen LogP contribution is 2.33. The van der Waals surface area contributed by atoms with Crippen molar-refractivity contribution in [1.82, 2.24) is 14.5 Å². The molecule has 3 aromatic rings. The number of nitrogens with zero attached hydrogens (tertiary/aromatic N) is 3. The van der Waals surface area contributed by atoms with Gasteiger partial charge in [0.15, 0.2) is 0 Å². The number of halogens is 1. The van der Waals surface area contributed by atoms with Gasteiger partial charge in [-0.25, -0.2) is 9.37 Å². The van der Waals surface area contributed by atoms with Crippen molar-refractivity contribution in [1.29, 1.82) is 0 Å². The number of ether oxygens (including phenoxy) is 2. The van der Waals surface area contributed by atoms with Crippen molar-refractivity contribution < 1.29 is 18.7 Å². The Hall–Kier alpha value is -3.45. The minimum Gasteiger partial charge on any atom is -0.495 e. The number of benzene rings is 2. The molecule has 0 N–H and O–H groups in total. The zero-order valence-electron chi connectivity index (χ0n) is 20.0. The summed E-state index contributed by atoms with van der Waals surface area (Å²) in [7, 11) is 3.26. The maximum atomic E-state index is 13.6. The second kappa shape index (κ2) is 10.2. The van der Waals surface area contributed by atoms with Crippen LogP contribution in [-0.2, 0) is 9.53 Å². The Bertz CT molecular complexity index is 1190. The predicted octanol–water partition coefficient (Wildman–Crippen LogP) is 5.11. The average Bonchev–Trinajstić information content (AvgIpc) is 3.28. The second-order valence-corrected chi connectivity index (χ2v) is 8.56. The summed E-state index contributed by atoms with van der Waals surface area (Å²) in [5, 5.41) is 0. The number of carbonyl (C=O) groups is 1.